The monoisotopic (exact) mass is 519 g/mol. The fourth-order valence-electron chi connectivity index (χ4n) is 3.19. The molecule has 182 valence electrons. The van der Waals surface area contributed by atoms with Gasteiger partial charge in [-0.3, -0.25) is 4.79 Å². The zero-order chi connectivity index (χ0) is 25.7. The van der Waals surface area contributed by atoms with Gasteiger partial charge in [0.1, 0.15) is 17.3 Å². The molecule has 11 heteroatoms. The van der Waals surface area contributed by atoms with Crippen LogP contribution >= 0.6 is 23.1 Å². The van der Waals surface area contributed by atoms with Crippen molar-refractivity contribution < 1.29 is 9.18 Å². The molecule has 0 radical (unpaired) electrons. The standard InChI is InChI=1S/C25H22FN7OS2/c1-14-4-9-17(12-19(14)32-20(28-2)11-10-18-23(27)30-13-29-18)31-24(34)21-22(36-25(33-21)35-3)15-5-7-16(26)8-6-15/h4-13H,2,27H2,1,3H3,(H,29,30)(H,31,34)/b11-10-,32-20?. The number of hydrogen-bond acceptors (Lipinski definition) is 7. The molecule has 0 saturated carbocycles. The third-order valence-corrected chi connectivity index (χ3v) is 7.16. The van der Waals surface area contributed by atoms with Crippen LogP contribution in [0.4, 0.5) is 21.6 Å². The van der Waals surface area contributed by atoms with Crippen molar-refractivity contribution in [2.75, 3.05) is 17.3 Å². The highest BCUT2D eigenvalue weighted by Crippen LogP contribution is 2.35. The number of hydrogen-bond donors (Lipinski definition) is 3. The summed E-state index contributed by atoms with van der Waals surface area (Å²) in [6, 6.07) is 11.4. The first-order valence-electron chi connectivity index (χ1n) is 10.6. The Morgan fingerprint density at radius 2 is 2.06 bits per heavy atom. The first-order valence-corrected chi connectivity index (χ1v) is 12.7. The van der Waals surface area contributed by atoms with Crippen LogP contribution in [-0.4, -0.2) is 39.7 Å². The van der Waals surface area contributed by atoms with Crippen LogP contribution in [0.3, 0.4) is 0 Å². The summed E-state index contributed by atoms with van der Waals surface area (Å²) in [5.41, 5.74) is 9.44. The van der Waals surface area contributed by atoms with Gasteiger partial charge in [0.2, 0.25) is 0 Å². The van der Waals surface area contributed by atoms with Crippen molar-refractivity contribution in [1.29, 1.82) is 0 Å². The van der Waals surface area contributed by atoms with Crippen LogP contribution in [0.2, 0.25) is 0 Å². The molecule has 4 rings (SSSR count). The van der Waals surface area contributed by atoms with E-state index in [1.54, 1.807) is 36.4 Å². The van der Waals surface area contributed by atoms with E-state index >= 15 is 0 Å². The Bertz CT molecular complexity index is 1470. The van der Waals surface area contributed by atoms with Gasteiger partial charge in [-0.2, -0.15) is 0 Å². The van der Waals surface area contributed by atoms with Crippen LogP contribution in [0.5, 0.6) is 0 Å². The van der Waals surface area contributed by atoms with Gasteiger partial charge in [0.15, 0.2) is 10.2 Å². The largest absolute Gasteiger partial charge is 0.382 e. The molecule has 0 bridgehead atoms. The molecule has 0 saturated heterocycles. The second kappa shape index (κ2) is 11.1. The Balaban J connectivity index is 1.60. The molecule has 4 N–H and O–H groups in total. The number of H-pyrrole nitrogens is 1. The fourth-order valence-corrected chi connectivity index (χ4v) is 4.76. The van der Waals surface area contributed by atoms with E-state index in [0.717, 1.165) is 15.5 Å². The normalized spacial score (nSPS) is 11.7. The van der Waals surface area contributed by atoms with Crippen molar-refractivity contribution >= 4 is 64.8 Å². The summed E-state index contributed by atoms with van der Waals surface area (Å²) in [7, 11) is 0. The van der Waals surface area contributed by atoms with Crippen LogP contribution in [0.25, 0.3) is 16.5 Å². The third kappa shape index (κ3) is 5.75. The molecule has 0 spiro atoms. The second-order valence-corrected chi connectivity index (χ2v) is 9.54. The maximum Gasteiger partial charge on any atom is 0.275 e. The first kappa shape index (κ1) is 25.0. The zero-order valence-electron chi connectivity index (χ0n) is 19.4. The van der Waals surface area contributed by atoms with Gasteiger partial charge in [0.05, 0.1) is 22.6 Å². The predicted molar refractivity (Wildman–Crippen MR) is 147 cm³/mol. The zero-order valence-corrected chi connectivity index (χ0v) is 21.1. The smallest absolute Gasteiger partial charge is 0.275 e. The number of aromatic amines is 1. The van der Waals surface area contributed by atoms with Gasteiger partial charge in [-0.1, -0.05) is 30.0 Å². The number of carbonyl (C=O) groups is 1. The van der Waals surface area contributed by atoms with Crippen molar-refractivity contribution in [2.24, 2.45) is 9.98 Å². The van der Waals surface area contributed by atoms with Gasteiger partial charge in [-0.25, -0.2) is 24.3 Å². The molecule has 2 aromatic heterocycles. The Hall–Kier alpha value is -4.09. The summed E-state index contributed by atoms with van der Waals surface area (Å²) in [4.78, 5) is 33.7. The quantitative estimate of drug-likeness (QED) is 0.157. The number of amides is 1. The number of nitrogens with two attached hydrogens (primary N) is 1. The maximum absolute atomic E-state index is 13.4. The van der Waals surface area contributed by atoms with Gasteiger partial charge in [-0.15, -0.1) is 11.3 Å². The van der Waals surface area contributed by atoms with E-state index in [1.807, 2.05) is 19.2 Å². The molecular formula is C25H22FN7OS2. The van der Waals surface area contributed by atoms with Crippen LogP contribution in [-0.2, 0) is 0 Å². The molecule has 0 aliphatic heterocycles. The number of aliphatic imine (C=N–C) groups is 2. The van der Waals surface area contributed by atoms with Crippen LogP contribution in [0.15, 0.2) is 69.2 Å². The average molecular weight is 520 g/mol. The highest BCUT2D eigenvalue weighted by atomic mass is 32.2. The molecule has 4 aromatic rings. The topological polar surface area (TPSA) is 121 Å². The molecule has 2 heterocycles. The number of aromatic nitrogens is 3. The highest BCUT2D eigenvalue weighted by Gasteiger charge is 2.20. The lowest BCUT2D eigenvalue weighted by molar-refractivity contribution is 0.102. The van der Waals surface area contributed by atoms with Crippen LogP contribution in [0, 0.1) is 12.7 Å². The number of imidazole rings is 1. The number of rotatable bonds is 7. The summed E-state index contributed by atoms with van der Waals surface area (Å²) in [6.07, 6.45) is 6.75. The van der Waals surface area contributed by atoms with E-state index in [2.05, 4.69) is 37.0 Å². The summed E-state index contributed by atoms with van der Waals surface area (Å²) in [6.45, 7) is 5.48. The van der Waals surface area contributed by atoms with Crippen LogP contribution < -0.4 is 11.1 Å². The summed E-state index contributed by atoms with van der Waals surface area (Å²) < 4.78 is 14.1. The van der Waals surface area contributed by atoms with E-state index in [0.29, 0.717) is 33.6 Å². The molecule has 8 nitrogen and oxygen atoms in total. The minimum atomic E-state index is -0.374. The minimum Gasteiger partial charge on any atom is -0.382 e. The second-order valence-electron chi connectivity index (χ2n) is 7.49. The lowest BCUT2D eigenvalue weighted by Gasteiger charge is -2.08. The third-order valence-electron chi connectivity index (χ3n) is 5.07. The number of halogens is 1. The van der Waals surface area contributed by atoms with Gasteiger partial charge in [-0.05, 0) is 67.4 Å². The van der Waals surface area contributed by atoms with E-state index in [1.165, 1.54) is 41.6 Å². The molecule has 0 atom stereocenters. The van der Waals surface area contributed by atoms with E-state index in [9.17, 15) is 9.18 Å². The number of thioether (sulfide) groups is 1. The van der Waals surface area contributed by atoms with Gasteiger partial charge < -0.3 is 16.0 Å². The van der Waals surface area contributed by atoms with Crippen LogP contribution in [0.1, 0.15) is 21.7 Å². The van der Waals surface area contributed by atoms with Gasteiger partial charge in [0.25, 0.3) is 5.91 Å². The maximum atomic E-state index is 13.4. The Morgan fingerprint density at radius 3 is 2.72 bits per heavy atom. The number of benzene rings is 2. The van der Waals surface area contributed by atoms with Crippen molar-refractivity contribution in [2.45, 2.75) is 11.3 Å². The van der Waals surface area contributed by atoms with Crippen molar-refractivity contribution in [1.82, 2.24) is 15.0 Å². The number of thiazole rings is 1. The molecule has 0 aliphatic carbocycles. The Morgan fingerprint density at radius 1 is 1.28 bits per heavy atom. The Labute approximate surface area is 215 Å². The van der Waals surface area contributed by atoms with Gasteiger partial charge in [0, 0.05) is 5.69 Å². The number of nitrogens with one attached hydrogen (secondary N) is 2. The molecule has 0 unspecified atom stereocenters. The summed E-state index contributed by atoms with van der Waals surface area (Å²) in [5.74, 6) is 0.00483. The molecule has 0 aliphatic rings. The van der Waals surface area contributed by atoms with Gasteiger partial charge >= 0.3 is 0 Å². The SMILES string of the molecule is C=NC(/C=C\c1[nH]cnc1N)=Nc1cc(NC(=O)c2nc(SC)sc2-c2ccc(F)cc2)ccc1C. The van der Waals surface area contributed by atoms with E-state index in [-0.39, 0.29) is 17.4 Å². The number of nitrogen functional groups attached to an aromatic ring is 1. The minimum absolute atomic E-state index is 0.273. The number of carbonyl (C=O) groups excluding carboxylic acids is 1. The number of amidine groups is 1. The number of anilines is 2. The summed E-state index contributed by atoms with van der Waals surface area (Å²) in [5, 5.41) is 2.90. The number of nitrogens with zero attached hydrogens (tertiary/aromatic N) is 4. The molecule has 1 amide bonds. The first-order chi connectivity index (χ1) is 17.4. The molecule has 0 fully saturated rings. The predicted octanol–water partition coefficient (Wildman–Crippen LogP) is 5.98. The fraction of sp³-hybridized carbons (Fsp3) is 0.0800. The van der Waals surface area contributed by atoms with Crippen molar-refractivity contribution in [3.8, 4) is 10.4 Å². The van der Waals surface area contributed by atoms with Crippen molar-refractivity contribution in [3.63, 3.8) is 0 Å². The number of aryl methyl sites for hydroxylation is 1. The molecular weight excluding hydrogens is 497 g/mol. The molecule has 36 heavy (non-hydrogen) atoms. The molecule has 2 aromatic carbocycles. The van der Waals surface area contributed by atoms with Crippen molar-refractivity contribution in [3.05, 3.63) is 77.6 Å². The summed E-state index contributed by atoms with van der Waals surface area (Å²) >= 11 is 2.83. The van der Waals surface area contributed by atoms with E-state index in [4.69, 9.17) is 5.73 Å². The van der Waals surface area contributed by atoms with E-state index < -0.39 is 0 Å². The average Bonchev–Trinajstić information content (AvgIpc) is 3.50. The lowest BCUT2D eigenvalue weighted by atomic mass is 10.1. The Kier molecular flexibility index (Phi) is 7.71. The highest BCUT2D eigenvalue weighted by molar-refractivity contribution is 8.00. The lowest BCUT2D eigenvalue weighted by Crippen LogP contribution is -2.13.